The molecular weight excluding hydrogens is 368 g/mol. The van der Waals surface area contributed by atoms with Gasteiger partial charge in [-0.15, -0.1) is 11.3 Å². The zero-order valence-corrected chi connectivity index (χ0v) is 14.8. The molecule has 0 bridgehead atoms. The molecule has 2 aromatic rings. The van der Waals surface area contributed by atoms with Crippen LogP contribution in [-0.2, 0) is 9.84 Å². The Morgan fingerprint density at radius 1 is 1.14 bits per heavy atom. The van der Waals surface area contributed by atoms with Crippen LogP contribution in [0.4, 0.5) is 0 Å². The van der Waals surface area contributed by atoms with Gasteiger partial charge in [0.05, 0.1) is 10.6 Å². The summed E-state index contributed by atoms with van der Waals surface area (Å²) in [6.45, 7) is 0. The van der Waals surface area contributed by atoms with Gasteiger partial charge < -0.3 is 0 Å². The molecule has 112 valence electrons. The second kappa shape index (κ2) is 6.23. The molecule has 0 radical (unpaired) electrons. The van der Waals surface area contributed by atoms with Crippen LogP contribution < -0.4 is 0 Å². The molecule has 1 saturated carbocycles. The molecule has 0 saturated heterocycles. The van der Waals surface area contributed by atoms with Gasteiger partial charge in [-0.2, -0.15) is 0 Å². The standard InChI is InChI=1S/C16H17BrO2S2/c17-14-9-16(20-10-14)13-5-7-15(8-6-13)21(18,19)11-12-3-1-2-4-12/h5-10,12H,1-4,11H2. The number of hydrogen-bond acceptors (Lipinski definition) is 3. The number of hydrogen-bond donors (Lipinski definition) is 0. The van der Waals surface area contributed by atoms with E-state index in [9.17, 15) is 8.42 Å². The molecule has 1 aromatic carbocycles. The topological polar surface area (TPSA) is 34.1 Å². The average molecular weight is 385 g/mol. The number of sulfone groups is 1. The van der Waals surface area contributed by atoms with E-state index in [1.165, 1.54) is 12.8 Å². The average Bonchev–Trinajstić information content (AvgIpc) is 3.10. The van der Waals surface area contributed by atoms with Crippen molar-refractivity contribution in [2.24, 2.45) is 5.92 Å². The first-order chi connectivity index (χ1) is 10.0. The highest BCUT2D eigenvalue weighted by atomic mass is 79.9. The molecule has 2 nitrogen and oxygen atoms in total. The van der Waals surface area contributed by atoms with E-state index in [1.54, 1.807) is 23.5 Å². The van der Waals surface area contributed by atoms with Gasteiger partial charge in [0.1, 0.15) is 0 Å². The summed E-state index contributed by atoms with van der Waals surface area (Å²) in [5.74, 6) is 0.652. The van der Waals surface area contributed by atoms with Gasteiger partial charge in [-0.25, -0.2) is 8.42 Å². The fourth-order valence-corrected chi connectivity index (χ4v) is 6.01. The fourth-order valence-electron chi connectivity index (χ4n) is 2.87. The Labute approximate surface area is 138 Å². The maximum atomic E-state index is 12.4. The predicted molar refractivity (Wildman–Crippen MR) is 91.5 cm³/mol. The van der Waals surface area contributed by atoms with Gasteiger partial charge in [0.15, 0.2) is 9.84 Å². The van der Waals surface area contributed by atoms with Crippen molar-refractivity contribution in [3.05, 3.63) is 40.2 Å². The molecule has 0 aliphatic heterocycles. The lowest BCUT2D eigenvalue weighted by atomic mass is 10.1. The van der Waals surface area contributed by atoms with E-state index in [1.807, 2.05) is 23.6 Å². The predicted octanol–water partition coefficient (Wildman–Crippen LogP) is 5.14. The second-order valence-electron chi connectivity index (χ2n) is 5.59. The van der Waals surface area contributed by atoms with Crippen LogP contribution in [0.5, 0.6) is 0 Å². The number of thiophene rings is 1. The minimum Gasteiger partial charge on any atom is -0.224 e. The molecule has 0 atom stereocenters. The van der Waals surface area contributed by atoms with E-state index in [0.29, 0.717) is 16.6 Å². The summed E-state index contributed by atoms with van der Waals surface area (Å²) in [4.78, 5) is 1.59. The van der Waals surface area contributed by atoms with Crippen molar-refractivity contribution in [1.82, 2.24) is 0 Å². The molecule has 21 heavy (non-hydrogen) atoms. The van der Waals surface area contributed by atoms with Crippen LogP contribution in [0.25, 0.3) is 10.4 Å². The van der Waals surface area contributed by atoms with Gasteiger partial charge in [0.2, 0.25) is 0 Å². The Hall–Kier alpha value is -0.650. The van der Waals surface area contributed by atoms with Gasteiger partial charge in [0, 0.05) is 14.7 Å². The first-order valence-electron chi connectivity index (χ1n) is 7.12. The molecule has 1 aliphatic rings. The third-order valence-electron chi connectivity index (χ3n) is 4.00. The van der Waals surface area contributed by atoms with E-state index in [-0.39, 0.29) is 0 Å². The van der Waals surface area contributed by atoms with Crippen LogP contribution in [0.3, 0.4) is 0 Å². The van der Waals surface area contributed by atoms with Gasteiger partial charge in [-0.3, -0.25) is 0 Å². The van der Waals surface area contributed by atoms with Crippen molar-refractivity contribution in [3.63, 3.8) is 0 Å². The third kappa shape index (κ3) is 3.58. The van der Waals surface area contributed by atoms with Crippen LogP contribution in [0.15, 0.2) is 45.1 Å². The quantitative estimate of drug-likeness (QED) is 0.730. The Bertz CT molecular complexity index is 711. The molecule has 0 spiro atoms. The highest BCUT2D eigenvalue weighted by Gasteiger charge is 2.24. The molecular formula is C16H17BrO2S2. The van der Waals surface area contributed by atoms with Gasteiger partial charge in [-0.1, -0.05) is 25.0 Å². The normalized spacial score (nSPS) is 16.4. The van der Waals surface area contributed by atoms with Crippen LogP contribution in [-0.4, -0.2) is 14.2 Å². The van der Waals surface area contributed by atoms with E-state index in [4.69, 9.17) is 0 Å². The Morgan fingerprint density at radius 3 is 2.38 bits per heavy atom. The van der Waals surface area contributed by atoms with Gasteiger partial charge in [-0.05, 0) is 58.5 Å². The lowest BCUT2D eigenvalue weighted by Gasteiger charge is -2.10. The monoisotopic (exact) mass is 384 g/mol. The van der Waals surface area contributed by atoms with Crippen molar-refractivity contribution in [2.45, 2.75) is 30.6 Å². The van der Waals surface area contributed by atoms with Crippen molar-refractivity contribution in [2.75, 3.05) is 5.75 Å². The summed E-state index contributed by atoms with van der Waals surface area (Å²) in [5.41, 5.74) is 1.06. The summed E-state index contributed by atoms with van der Waals surface area (Å²) in [6.07, 6.45) is 4.46. The van der Waals surface area contributed by atoms with E-state index >= 15 is 0 Å². The lowest BCUT2D eigenvalue weighted by molar-refractivity contribution is 0.559. The Kier molecular flexibility index (Phi) is 4.52. The smallest absolute Gasteiger partial charge is 0.178 e. The van der Waals surface area contributed by atoms with Crippen LogP contribution in [0.2, 0.25) is 0 Å². The highest BCUT2D eigenvalue weighted by molar-refractivity contribution is 9.10. The molecule has 1 fully saturated rings. The molecule has 0 N–H and O–H groups in total. The molecule has 3 rings (SSSR count). The summed E-state index contributed by atoms with van der Waals surface area (Å²) >= 11 is 5.08. The first-order valence-corrected chi connectivity index (χ1v) is 10.4. The minimum absolute atomic E-state index is 0.302. The van der Waals surface area contributed by atoms with Crippen molar-refractivity contribution in [3.8, 4) is 10.4 Å². The maximum absolute atomic E-state index is 12.4. The van der Waals surface area contributed by atoms with Crippen LogP contribution >= 0.6 is 27.3 Å². The molecule has 0 amide bonds. The second-order valence-corrected chi connectivity index (χ2v) is 9.45. The zero-order chi connectivity index (χ0) is 14.9. The Morgan fingerprint density at radius 2 is 1.81 bits per heavy atom. The lowest BCUT2D eigenvalue weighted by Crippen LogP contribution is -2.13. The third-order valence-corrected chi connectivity index (χ3v) is 7.64. The summed E-state index contributed by atoms with van der Waals surface area (Å²) in [7, 11) is -3.14. The number of benzene rings is 1. The van der Waals surface area contributed by atoms with Crippen molar-refractivity contribution < 1.29 is 8.42 Å². The number of halogens is 1. The van der Waals surface area contributed by atoms with Crippen LogP contribution in [0, 0.1) is 5.92 Å². The molecule has 0 unspecified atom stereocenters. The maximum Gasteiger partial charge on any atom is 0.178 e. The Balaban J connectivity index is 1.79. The summed E-state index contributed by atoms with van der Waals surface area (Å²) in [5, 5.41) is 2.03. The summed E-state index contributed by atoms with van der Waals surface area (Å²) in [6, 6.07) is 9.34. The summed E-state index contributed by atoms with van der Waals surface area (Å²) < 4.78 is 25.9. The van der Waals surface area contributed by atoms with Gasteiger partial charge >= 0.3 is 0 Å². The minimum atomic E-state index is -3.14. The SMILES string of the molecule is O=S(=O)(CC1CCCC1)c1ccc(-c2cc(Br)cs2)cc1. The fraction of sp³-hybridized carbons (Fsp3) is 0.375. The first kappa shape index (κ1) is 15.3. The van der Waals surface area contributed by atoms with E-state index in [2.05, 4.69) is 15.9 Å². The van der Waals surface area contributed by atoms with Crippen molar-refractivity contribution in [1.29, 1.82) is 0 Å². The van der Waals surface area contributed by atoms with Gasteiger partial charge in [0.25, 0.3) is 0 Å². The zero-order valence-electron chi connectivity index (χ0n) is 11.6. The largest absolute Gasteiger partial charge is 0.224 e. The molecule has 1 aromatic heterocycles. The highest BCUT2D eigenvalue weighted by Crippen LogP contribution is 2.32. The van der Waals surface area contributed by atoms with E-state index in [0.717, 1.165) is 27.8 Å². The molecule has 5 heteroatoms. The molecule has 1 aliphatic carbocycles. The van der Waals surface area contributed by atoms with E-state index < -0.39 is 9.84 Å². The van der Waals surface area contributed by atoms with Crippen LogP contribution in [0.1, 0.15) is 25.7 Å². The van der Waals surface area contributed by atoms with Crippen molar-refractivity contribution >= 4 is 37.1 Å². The number of rotatable bonds is 4. The molecule has 1 heterocycles.